The van der Waals surface area contributed by atoms with E-state index in [0.29, 0.717) is 11.4 Å². The van der Waals surface area contributed by atoms with Crippen molar-refractivity contribution in [1.29, 1.82) is 0 Å². The zero-order valence-corrected chi connectivity index (χ0v) is 12.7. The zero-order valence-electron chi connectivity index (χ0n) is 12.0. The quantitative estimate of drug-likeness (QED) is 0.783. The molecule has 0 amide bonds. The lowest BCUT2D eigenvalue weighted by molar-refractivity contribution is 0.0810. The molecular weight excluding hydrogens is 294 g/mol. The third-order valence-electron chi connectivity index (χ3n) is 3.76. The molecule has 0 saturated heterocycles. The summed E-state index contributed by atoms with van der Waals surface area (Å²) in [7, 11) is 0. The highest BCUT2D eigenvalue weighted by molar-refractivity contribution is 6.30. The molecule has 0 saturated carbocycles. The fourth-order valence-corrected chi connectivity index (χ4v) is 2.73. The van der Waals surface area contributed by atoms with Crippen LogP contribution in [0.3, 0.4) is 0 Å². The Kier molecular flexibility index (Phi) is 4.23. The largest absolute Gasteiger partial charge is 0.380 e. The number of aromatic nitrogens is 1. The van der Waals surface area contributed by atoms with Crippen LogP contribution in [0.1, 0.15) is 16.7 Å². The Morgan fingerprint density at radius 1 is 0.864 bits per heavy atom. The maximum Gasteiger partial charge on any atom is 0.119 e. The third kappa shape index (κ3) is 3.03. The predicted octanol–water partition coefficient (Wildman–Crippen LogP) is 4.21. The maximum atomic E-state index is 11.4. The van der Waals surface area contributed by atoms with E-state index in [-0.39, 0.29) is 0 Å². The first-order valence-corrected chi connectivity index (χ1v) is 7.49. The molecule has 3 rings (SSSR count). The average Bonchev–Trinajstić information content (AvgIpc) is 2.57. The fraction of sp³-hybridized carbons (Fsp3) is 0.105. The van der Waals surface area contributed by atoms with Crippen LogP contribution in [0.4, 0.5) is 0 Å². The fourth-order valence-electron chi connectivity index (χ4n) is 2.61. The minimum atomic E-state index is -1.12. The van der Waals surface area contributed by atoms with E-state index in [1.165, 1.54) is 0 Å². The van der Waals surface area contributed by atoms with Gasteiger partial charge in [-0.05, 0) is 34.9 Å². The molecule has 0 fully saturated rings. The van der Waals surface area contributed by atoms with Gasteiger partial charge in [0.25, 0.3) is 0 Å². The van der Waals surface area contributed by atoms with E-state index in [1.807, 2.05) is 54.6 Å². The van der Waals surface area contributed by atoms with Crippen molar-refractivity contribution in [1.82, 2.24) is 4.98 Å². The van der Waals surface area contributed by atoms with Crippen LogP contribution in [0.25, 0.3) is 0 Å². The van der Waals surface area contributed by atoms with Gasteiger partial charge in [0.05, 0.1) is 0 Å². The van der Waals surface area contributed by atoms with E-state index in [1.54, 1.807) is 24.5 Å². The highest BCUT2D eigenvalue weighted by Gasteiger charge is 2.31. The predicted molar refractivity (Wildman–Crippen MR) is 88.8 cm³/mol. The summed E-state index contributed by atoms with van der Waals surface area (Å²) in [6.07, 6.45) is 3.96. The lowest BCUT2D eigenvalue weighted by atomic mass is 9.81. The topological polar surface area (TPSA) is 33.1 Å². The monoisotopic (exact) mass is 309 g/mol. The number of nitrogens with zero attached hydrogens (tertiary/aromatic N) is 1. The van der Waals surface area contributed by atoms with Gasteiger partial charge >= 0.3 is 0 Å². The van der Waals surface area contributed by atoms with Gasteiger partial charge in [-0.1, -0.05) is 60.1 Å². The summed E-state index contributed by atoms with van der Waals surface area (Å²) in [5, 5.41) is 12.1. The number of halogens is 1. The van der Waals surface area contributed by atoms with Crippen molar-refractivity contribution in [2.45, 2.75) is 12.0 Å². The van der Waals surface area contributed by atoms with Gasteiger partial charge in [0.1, 0.15) is 5.60 Å². The molecule has 1 heterocycles. The number of hydrogen-bond acceptors (Lipinski definition) is 2. The molecule has 1 atom stereocenters. The van der Waals surface area contributed by atoms with E-state index in [9.17, 15) is 5.11 Å². The summed E-state index contributed by atoms with van der Waals surface area (Å²) < 4.78 is 0. The second-order valence-corrected chi connectivity index (χ2v) is 5.71. The van der Waals surface area contributed by atoms with Crippen molar-refractivity contribution in [3.63, 3.8) is 0 Å². The van der Waals surface area contributed by atoms with Crippen LogP contribution >= 0.6 is 11.6 Å². The van der Waals surface area contributed by atoms with Gasteiger partial charge in [0.15, 0.2) is 0 Å². The molecule has 3 aromatic rings. The molecule has 2 nitrogen and oxygen atoms in total. The minimum Gasteiger partial charge on any atom is -0.380 e. The normalized spacial score (nSPS) is 13.5. The van der Waals surface area contributed by atoms with Crippen molar-refractivity contribution in [2.24, 2.45) is 0 Å². The lowest BCUT2D eigenvalue weighted by Crippen LogP contribution is -2.30. The SMILES string of the molecule is O[C@](Cc1cccnc1)(c1ccccc1)c1ccc(Cl)cc1. The Balaban J connectivity index is 2.07. The Morgan fingerprint density at radius 2 is 1.55 bits per heavy atom. The highest BCUT2D eigenvalue weighted by atomic mass is 35.5. The average molecular weight is 310 g/mol. The van der Waals surface area contributed by atoms with Crippen LogP contribution in [0.5, 0.6) is 0 Å². The second-order valence-electron chi connectivity index (χ2n) is 5.27. The van der Waals surface area contributed by atoms with Crippen molar-refractivity contribution >= 4 is 11.6 Å². The van der Waals surface area contributed by atoms with Crippen molar-refractivity contribution in [3.05, 3.63) is 101 Å². The van der Waals surface area contributed by atoms with Gasteiger partial charge in [-0.15, -0.1) is 0 Å². The number of aliphatic hydroxyl groups is 1. The molecule has 1 N–H and O–H groups in total. The number of benzene rings is 2. The van der Waals surface area contributed by atoms with Crippen molar-refractivity contribution < 1.29 is 5.11 Å². The summed E-state index contributed by atoms with van der Waals surface area (Å²) in [5.41, 5.74) is 1.52. The molecule has 110 valence electrons. The van der Waals surface area contributed by atoms with E-state index in [2.05, 4.69) is 4.98 Å². The Morgan fingerprint density at radius 3 is 2.18 bits per heavy atom. The molecule has 0 spiro atoms. The summed E-state index contributed by atoms with van der Waals surface area (Å²) in [6.45, 7) is 0. The van der Waals surface area contributed by atoms with Gasteiger partial charge in [0, 0.05) is 23.8 Å². The van der Waals surface area contributed by atoms with Crippen LogP contribution in [-0.2, 0) is 12.0 Å². The Hall–Kier alpha value is -2.16. The standard InChI is InChI=1S/C19H16ClNO/c20-18-10-8-17(9-11-18)19(22,16-6-2-1-3-7-16)13-15-5-4-12-21-14-15/h1-12,14,22H,13H2/t19-/m1/s1. The van der Waals surface area contributed by atoms with Gasteiger partial charge in [-0.3, -0.25) is 4.98 Å². The number of pyridine rings is 1. The van der Waals surface area contributed by atoms with Crippen molar-refractivity contribution in [3.8, 4) is 0 Å². The lowest BCUT2D eigenvalue weighted by Gasteiger charge is -2.29. The Labute approximate surface area is 135 Å². The first-order valence-electron chi connectivity index (χ1n) is 7.11. The molecule has 2 aromatic carbocycles. The molecule has 0 aliphatic rings. The van der Waals surface area contributed by atoms with Gasteiger partial charge in [-0.25, -0.2) is 0 Å². The molecule has 22 heavy (non-hydrogen) atoms. The first kappa shape index (κ1) is 14.8. The highest BCUT2D eigenvalue weighted by Crippen LogP contribution is 2.33. The Bertz CT molecular complexity index is 728. The maximum absolute atomic E-state index is 11.4. The minimum absolute atomic E-state index is 0.451. The van der Waals surface area contributed by atoms with Crippen LogP contribution in [0.2, 0.25) is 5.02 Å². The summed E-state index contributed by atoms with van der Waals surface area (Å²) in [4.78, 5) is 4.14. The van der Waals surface area contributed by atoms with Gasteiger partial charge in [0.2, 0.25) is 0 Å². The van der Waals surface area contributed by atoms with E-state index < -0.39 is 5.60 Å². The van der Waals surface area contributed by atoms with Crippen LogP contribution < -0.4 is 0 Å². The summed E-state index contributed by atoms with van der Waals surface area (Å²) >= 11 is 5.98. The smallest absolute Gasteiger partial charge is 0.119 e. The molecule has 3 heteroatoms. The number of hydrogen-bond donors (Lipinski definition) is 1. The van der Waals surface area contributed by atoms with E-state index in [0.717, 1.165) is 16.7 Å². The first-order chi connectivity index (χ1) is 10.7. The zero-order chi connectivity index (χ0) is 15.4. The molecule has 0 bridgehead atoms. The van der Waals surface area contributed by atoms with E-state index in [4.69, 9.17) is 11.6 Å². The van der Waals surface area contributed by atoms with Crippen LogP contribution in [0.15, 0.2) is 79.1 Å². The van der Waals surface area contributed by atoms with Crippen LogP contribution in [0, 0.1) is 0 Å². The van der Waals surface area contributed by atoms with Gasteiger partial charge in [-0.2, -0.15) is 0 Å². The molecule has 0 radical (unpaired) electrons. The molecule has 0 aliphatic heterocycles. The third-order valence-corrected chi connectivity index (χ3v) is 4.01. The molecular formula is C19H16ClNO. The van der Waals surface area contributed by atoms with E-state index >= 15 is 0 Å². The van der Waals surface area contributed by atoms with Crippen molar-refractivity contribution in [2.75, 3.05) is 0 Å². The van der Waals surface area contributed by atoms with Gasteiger partial charge < -0.3 is 5.11 Å². The summed E-state index contributed by atoms with van der Waals surface area (Å²) in [5.74, 6) is 0. The molecule has 0 aliphatic carbocycles. The van der Waals surface area contributed by atoms with Crippen LogP contribution in [-0.4, -0.2) is 10.1 Å². The molecule has 1 aromatic heterocycles. The molecule has 0 unspecified atom stereocenters. The second kappa shape index (κ2) is 6.30. The number of rotatable bonds is 4. The summed E-state index contributed by atoms with van der Waals surface area (Å²) in [6, 6.07) is 20.9.